The van der Waals surface area contributed by atoms with Gasteiger partial charge in [0.2, 0.25) is 0 Å². The zero-order valence-corrected chi connectivity index (χ0v) is 10.2. The van der Waals surface area contributed by atoms with E-state index in [9.17, 15) is 10.2 Å². The largest absolute Gasteiger partial charge is 0.396 e. The van der Waals surface area contributed by atoms with Crippen LogP contribution in [0, 0.1) is 0 Å². The van der Waals surface area contributed by atoms with Crippen LogP contribution in [0.4, 0.5) is 0 Å². The Balaban J connectivity index is 3.64. The molecule has 4 heteroatoms. The molecule has 0 aromatic rings. The molecule has 0 amide bonds. The zero-order chi connectivity index (χ0) is 12.4. The molecule has 0 bridgehead atoms. The first-order chi connectivity index (χ1) is 7.54. The van der Waals surface area contributed by atoms with Crippen molar-refractivity contribution in [1.82, 2.24) is 0 Å². The van der Waals surface area contributed by atoms with Crippen molar-refractivity contribution in [3.8, 4) is 0 Å². The predicted octanol–water partition coefficient (Wildman–Crippen LogP) is 0.814. The third-order valence-corrected chi connectivity index (χ3v) is 2.94. The maximum absolute atomic E-state index is 9.92. The Morgan fingerprint density at radius 2 is 1.50 bits per heavy atom. The second-order valence-electron chi connectivity index (χ2n) is 4.63. The van der Waals surface area contributed by atoms with Crippen molar-refractivity contribution >= 4 is 0 Å². The summed E-state index contributed by atoms with van der Waals surface area (Å²) in [6.07, 6.45) is 4.36. The highest BCUT2D eigenvalue weighted by Crippen LogP contribution is 2.21. The summed E-state index contributed by atoms with van der Waals surface area (Å²) < 4.78 is 0. The molecular formula is C12H26O4. The molecule has 0 fully saturated rings. The summed E-state index contributed by atoms with van der Waals surface area (Å²) in [6.45, 7) is 1.87. The molecule has 0 spiro atoms. The summed E-state index contributed by atoms with van der Waals surface area (Å²) in [6, 6.07) is 0. The number of hydrogen-bond donors (Lipinski definition) is 4. The van der Waals surface area contributed by atoms with Gasteiger partial charge in [-0.3, -0.25) is 0 Å². The topological polar surface area (TPSA) is 80.9 Å². The zero-order valence-electron chi connectivity index (χ0n) is 10.2. The Labute approximate surface area is 97.9 Å². The number of unbranched alkanes of at least 4 members (excludes halogenated alkanes) is 3. The lowest BCUT2D eigenvalue weighted by Gasteiger charge is -2.29. The van der Waals surface area contributed by atoms with E-state index in [0.717, 1.165) is 25.7 Å². The molecule has 0 radical (unpaired) electrons. The van der Waals surface area contributed by atoms with Crippen LogP contribution in [0.25, 0.3) is 0 Å². The minimum atomic E-state index is -1.10. The second-order valence-corrected chi connectivity index (χ2v) is 4.63. The molecule has 16 heavy (non-hydrogen) atoms. The molecular weight excluding hydrogens is 208 g/mol. The summed E-state index contributed by atoms with van der Waals surface area (Å²) in [7, 11) is 0. The van der Waals surface area contributed by atoms with Gasteiger partial charge in [0.15, 0.2) is 0 Å². The van der Waals surface area contributed by atoms with Gasteiger partial charge in [0.1, 0.15) is 0 Å². The van der Waals surface area contributed by atoms with E-state index in [0.29, 0.717) is 19.3 Å². The SMILES string of the molecule is CC(O)(CCCO)C(O)CCCCCCO. The monoisotopic (exact) mass is 234 g/mol. The first-order valence-corrected chi connectivity index (χ1v) is 6.16. The predicted molar refractivity (Wildman–Crippen MR) is 63.1 cm³/mol. The maximum atomic E-state index is 9.92. The van der Waals surface area contributed by atoms with Gasteiger partial charge in [-0.2, -0.15) is 0 Å². The molecule has 0 aromatic heterocycles. The normalized spacial score (nSPS) is 17.1. The summed E-state index contributed by atoms with van der Waals surface area (Å²) in [5.74, 6) is 0. The molecule has 0 rings (SSSR count). The molecule has 0 aliphatic heterocycles. The molecule has 2 atom stereocenters. The van der Waals surface area contributed by atoms with Gasteiger partial charge >= 0.3 is 0 Å². The Morgan fingerprint density at radius 3 is 2.06 bits per heavy atom. The third-order valence-electron chi connectivity index (χ3n) is 2.94. The standard InChI is InChI=1S/C12H26O4/c1-12(16,8-6-10-14)11(15)7-4-2-3-5-9-13/h11,13-16H,2-10H2,1H3. The number of hydrogen-bond acceptors (Lipinski definition) is 4. The molecule has 0 saturated heterocycles. The summed E-state index contributed by atoms with van der Waals surface area (Å²) in [4.78, 5) is 0. The van der Waals surface area contributed by atoms with Crippen molar-refractivity contribution in [2.75, 3.05) is 13.2 Å². The van der Waals surface area contributed by atoms with Crippen molar-refractivity contribution in [2.45, 2.75) is 63.6 Å². The van der Waals surface area contributed by atoms with E-state index in [1.807, 2.05) is 0 Å². The highest BCUT2D eigenvalue weighted by molar-refractivity contribution is 4.81. The van der Waals surface area contributed by atoms with Gasteiger partial charge in [-0.1, -0.05) is 19.3 Å². The van der Waals surface area contributed by atoms with Crippen molar-refractivity contribution < 1.29 is 20.4 Å². The molecule has 0 aromatic carbocycles. The van der Waals surface area contributed by atoms with E-state index in [2.05, 4.69) is 0 Å². The Morgan fingerprint density at radius 1 is 0.938 bits per heavy atom. The van der Waals surface area contributed by atoms with E-state index in [4.69, 9.17) is 10.2 Å². The van der Waals surface area contributed by atoms with E-state index in [1.54, 1.807) is 6.92 Å². The highest BCUT2D eigenvalue weighted by Gasteiger charge is 2.28. The lowest BCUT2D eigenvalue weighted by molar-refractivity contribution is -0.0735. The molecule has 0 heterocycles. The Kier molecular flexibility index (Phi) is 8.84. The van der Waals surface area contributed by atoms with Crippen LogP contribution in [0.15, 0.2) is 0 Å². The molecule has 2 unspecified atom stereocenters. The molecule has 0 aliphatic rings. The lowest BCUT2D eigenvalue weighted by atomic mass is 9.90. The molecule has 0 aliphatic carbocycles. The van der Waals surface area contributed by atoms with E-state index in [-0.39, 0.29) is 13.2 Å². The van der Waals surface area contributed by atoms with Gasteiger partial charge in [-0.25, -0.2) is 0 Å². The van der Waals surface area contributed by atoms with Crippen molar-refractivity contribution in [3.63, 3.8) is 0 Å². The molecule has 4 N–H and O–H groups in total. The Bertz CT molecular complexity index is 159. The molecule has 4 nitrogen and oxygen atoms in total. The lowest BCUT2D eigenvalue weighted by Crippen LogP contribution is -2.39. The first kappa shape index (κ1) is 15.8. The van der Waals surface area contributed by atoms with Crippen LogP contribution in [-0.4, -0.2) is 45.3 Å². The fourth-order valence-corrected chi connectivity index (χ4v) is 1.72. The van der Waals surface area contributed by atoms with Crippen LogP contribution in [0.5, 0.6) is 0 Å². The summed E-state index contributed by atoms with van der Waals surface area (Å²) >= 11 is 0. The number of rotatable bonds is 10. The second kappa shape index (κ2) is 8.93. The van der Waals surface area contributed by atoms with Crippen molar-refractivity contribution in [1.29, 1.82) is 0 Å². The number of aliphatic hydroxyl groups excluding tert-OH is 3. The average Bonchev–Trinajstić information content (AvgIpc) is 2.26. The number of aliphatic hydroxyl groups is 4. The van der Waals surface area contributed by atoms with Crippen molar-refractivity contribution in [2.24, 2.45) is 0 Å². The maximum Gasteiger partial charge on any atom is 0.0878 e. The highest BCUT2D eigenvalue weighted by atomic mass is 16.3. The van der Waals surface area contributed by atoms with Gasteiger partial charge in [-0.15, -0.1) is 0 Å². The fraction of sp³-hybridized carbons (Fsp3) is 1.00. The van der Waals surface area contributed by atoms with Gasteiger partial charge in [-0.05, 0) is 32.6 Å². The fourth-order valence-electron chi connectivity index (χ4n) is 1.72. The van der Waals surface area contributed by atoms with Gasteiger partial charge in [0.25, 0.3) is 0 Å². The first-order valence-electron chi connectivity index (χ1n) is 6.16. The Hall–Kier alpha value is -0.160. The third kappa shape index (κ3) is 7.17. The average molecular weight is 234 g/mol. The van der Waals surface area contributed by atoms with Gasteiger partial charge < -0.3 is 20.4 Å². The van der Waals surface area contributed by atoms with Crippen LogP contribution >= 0.6 is 0 Å². The quantitative estimate of drug-likeness (QED) is 0.422. The van der Waals surface area contributed by atoms with Crippen LogP contribution in [0.3, 0.4) is 0 Å². The van der Waals surface area contributed by atoms with Crippen LogP contribution < -0.4 is 0 Å². The van der Waals surface area contributed by atoms with Crippen LogP contribution in [-0.2, 0) is 0 Å². The molecule has 98 valence electrons. The van der Waals surface area contributed by atoms with E-state index >= 15 is 0 Å². The van der Waals surface area contributed by atoms with E-state index < -0.39 is 11.7 Å². The summed E-state index contributed by atoms with van der Waals surface area (Å²) in [5, 5.41) is 37.0. The van der Waals surface area contributed by atoms with Crippen LogP contribution in [0.1, 0.15) is 51.9 Å². The van der Waals surface area contributed by atoms with Crippen molar-refractivity contribution in [3.05, 3.63) is 0 Å². The van der Waals surface area contributed by atoms with Crippen LogP contribution in [0.2, 0.25) is 0 Å². The molecule has 0 saturated carbocycles. The summed E-state index contributed by atoms with van der Waals surface area (Å²) in [5.41, 5.74) is -1.10. The van der Waals surface area contributed by atoms with E-state index in [1.165, 1.54) is 0 Å². The minimum absolute atomic E-state index is 0.0410. The van der Waals surface area contributed by atoms with Gasteiger partial charge in [0, 0.05) is 13.2 Å². The smallest absolute Gasteiger partial charge is 0.0878 e. The minimum Gasteiger partial charge on any atom is -0.396 e. The van der Waals surface area contributed by atoms with Gasteiger partial charge in [0.05, 0.1) is 11.7 Å².